The van der Waals surface area contributed by atoms with Gasteiger partial charge in [-0.2, -0.15) is 0 Å². The lowest BCUT2D eigenvalue weighted by molar-refractivity contribution is 0.206. The van der Waals surface area contributed by atoms with Gasteiger partial charge in [0.2, 0.25) is 0 Å². The summed E-state index contributed by atoms with van der Waals surface area (Å²) in [5.74, 6) is 0. The fourth-order valence-corrected chi connectivity index (χ4v) is 3.87. The number of rotatable bonds is 2. The molecule has 0 fully saturated rings. The van der Waals surface area contributed by atoms with Gasteiger partial charge < -0.3 is 10.2 Å². The Morgan fingerprint density at radius 2 is 1.75 bits per heavy atom. The van der Waals surface area contributed by atoms with E-state index < -0.39 is 0 Å². The minimum Gasteiger partial charge on any atom is -0.320 e. The predicted octanol–water partition coefficient (Wildman–Crippen LogP) is 5.01. The summed E-state index contributed by atoms with van der Waals surface area (Å²) in [5, 5.41) is 5.14. The molecule has 120 valence electrons. The van der Waals surface area contributed by atoms with E-state index in [0.29, 0.717) is 6.54 Å². The lowest BCUT2D eigenvalue weighted by Crippen LogP contribution is -2.38. The number of thiophene rings is 1. The van der Waals surface area contributed by atoms with Crippen molar-refractivity contribution in [3.05, 3.63) is 77.2 Å². The molecular weight excluding hydrogens is 316 g/mol. The van der Waals surface area contributed by atoms with Gasteiger partial charge in [0.25, 0.3) is 0 Å². The van der Waals surface area contributed by atoms with Gasteiger partial charge in [0.15, 0.2) is 0 Å². The molecule has 24 heavy (non-hydrogen) atoms. The summed E-state index contributed by atoms with van der Waals surface area (Å²) >= 11 is 1.68. The van der Waals surface area contributed by atoms with Gasteiger partial charge in [-0.05, 0) is 35.1 Å². The summed E-state index contributed by atoms with van der Waals surface area (Å²) in [6.07, 6.45) is 0.913. The first-order valence-electron chi connectivity index (χ1n) is 8.07. The number of nitrogens with one attached hydrogen (secondary N) is 1. The molecule has 0 spiro atoms. The molecule has 2 amide bonds. The molecule has 0 radical (unpaired) electrons. The predicted molar refractivity (Wildman–Crippen MR) is 99.3 cm³/mol. The van der Waals surface area contributed by atoms with Gasteiger partial charge in [-0.15, -0.1) is 11.3 Å². The largest absolute Gasteiger partial charge is 0.322 e. The standard InChI is InChI=1S/C20H18N2OS/c23-20(22-12-11-15-6-1-2-7-16(15)14-22)21-18-9-4-3-8-17(18)19-10-5-13-24-19/h1-10,13H,11-12,14H2,(H,21,23). The van der Waals surface area contributed by atoms with Gasteiger partial charge in [-0.3, -0.25) is 0 Å². The summed E-state index contributed by atoms with van der Waals surface area (Å²) in [4.78, 5) is 15.8. The second-order valence-electron chi connectivity index (χ2n) is 5.89. The zero-order valence-electron chi connectivity index (χ0n) is 13.2. The van der Waals surface area contributed by atoms with E-state index in [9.17, 15) is 4.79 Å². The molecule has 4 heteroatoms. The van der Waals surface area contributed by atoms with Crippen LogP contribution in [0, 0.1) is 0 Å². The molecule has 2 aromatic carbocycles. The van der Waals surface area contributed by atoms with E-state index in [2.05, 4.69) is 35.0 Å². The number of para-hydroxylation sites is 1. The number of anilines is 1. The highest BCUT2D eigenvalue weighted by atomic mass is 32.1. The molecule has 1 aliphatic heterocycles. The molecule has 0 aliphatic carbocycles. The normalized spacial score (nSPS) is 13.4. The Kier molecular flexibility index (Phi) is 4.05. The van der Waals surface area contributed by atoms with Crippen molar-refractivity contribution < 1.29 is 4.79 Å². The molecule has 0 atom stereocenters. The van der Waals surface area contributed by atoms with Gasteiger partial charge in [-0.25, -0.2) is 4.79 Å². The molecule has 2 heterocycles. The Morgan fingerprint density at radius 3 is 2.58 bits per heavy atom. The Labute approximate surface area is 145 Å². The summed E-state index contributed by atoms with van der Waals surface area (Å²) in [6, 6.07) is 20.4. The van der Waals surface area contributed by atoms with E-state index >= 15 is 0 Å². The summed E-state index contributed by atoms with van der Waals surface area (Å²) < 4.78 is 0. The first-order chi connectivity index (χ1) is 11.8. The number of hydrogen-bond donors (Lipinski definition) is 1. The van der Waals surface area contributed by atoms with E-state index in [4.69, 9.17) is 0 Å². The van der Waals surface area contributed by atoms with Gasteiger partial charge in [0, 0.05) is 23.5 Å². The van der Waals surface area contributed by atoms with Crippen molar-refractivity contribution in [1.82, 2.24) is 4.90 Å². The van der Waals surface area contributed by atoms with Gasteiger partial charge in [-0.1, -0.05) is 48.5 Å². The number of carbonyl (C=O) groups is 1. The summed E-state index contributed by atoms with van der Waals surface area (Å²) in [5.41, 5.74) is 4.52. The summed E-state index contributed by atoms with van der Waals surface area (Å²) in [7, 11) is 0. The van der Waals surface area contributed by atoms with Crippen molar-refractivity contribution in [3.8, 4) is 10.4 Å². The maximum atomic E-state index is 12.7. The Balaban J connectivity index is 1.54. The van der Waals surface area contributed by atoms with Crippen molar-refractivity contribution in [3.63, 3.8) is 0 Å². The van der Waals surface area contributed by atoms with Crippen molar-refractivity contribution in [2.75, 3.05) is 11.9 Å². The van der Waals surface area contributed by atoms with Crippen molar-refractivity contribution in [2.24, 2.45) is 0 Å². The molecule has 0 unspecified atom stereocenters. The maximum absolute atomic E-state index is 12.7. The van der Waals surface area contributed by atoms with E-state index in [1.54, 1.807) is 11.3 Å². The second kappa shape index (κ2) is 6.49. The SMILES string of the molecule is O=C(Nc1ccccc1-c1cccs1)N1CCc2ccccc2C1. The van der Waals surface area contributed by atoms with E-state index in [1.165, 1.54) is 11.1 Å². The first kappa shape index (κ1) is 15.0. The quantitative estimate of drug-likeness (QED) is 0.702. The fraction of sp³-hybridized carbons (Fsp3) is 0.150. The highest BCUT2D eigenvalue weighted by molar-refractivity contribution is 7.13. The topological polar surface area (TPSA) is 32.3 Å². The number of nitrogens with zero attached hydrogens (tertiary/aromatic N) is 1. The number of carbonyl (C=O) groups excluding carboxylic acids is 1. The van der Waals surface area contributed by atoms with Gasteiger partial charge in [0.1, 0.15) is 0 Å². The number of benzene rings is 2. The van der Waals surface area contributed by atoms with Crippen LogP contribution < -0.4 is 5.32 Å². The molecule has 0 saturated carbocycles. The minimum atomic E-state index is -0.0338. The molecule has 3 nitrogen and oxygen atoms in total. The molecule has 3 aromatic rings. The van der Waals surface area contributed by atoms with Gasteiger partial charge in [0.05, 0.1) is 5.69 Å². The maximum Gasteiger partial charge on any atom is 0.322 e. The third-order valence-corrected chi connectivity index (χ3v) is 5.28. The van der Waals surface area contributed by atoms with Crippen LogP contribution in [0.3, 0.4) is 0 Å². The van der Waals surface area contributed by atoms with Gasteiger partial charge >= 0.3 is 6.03 Å². The van der Waals surface area contributed by atoms with Crippen LogP contribution in [0.5, 0.6) is 0 Å². The van der Waals surface area contributed by atoms with Crippen molar-refractivity contribution in [1.29, 1.82) is 0 Å². The van der Waals surface area contributed by atoms with Crippen LogP contribution in [-0.2, 0) is 13.0 Å². The van der Waals surface area contributed by atoms with Crippen LogP contribution in [0.2, 0.25) is 0 Å². The zero-order chi connectivity index (χ0) is 16.4. The molecule has 1 aliphatic rings. The highest BCUT2D eigenvalue weighted by Crippen LogP contribution is 2.31. The molecule has 0 bridgehead atoms. The van der Waals surface area contributed by atoms with Crippen molar-refractivity contribution >= 4 is 23.1 Å². The first-order valence-corrected chi connectivity index (χ1v) is 8.95. The Hall–Kier alpha value is -2.59. The summed E-state index contributed by atoms with van der Waals surface area (Å²) in [6.45, 7) is 1.42. The third-order valence-electron chi connectivity index (χ3n) is 4.37. The van der Waals surface area contributed by atoms with E-state index in [-0.39, 0.29) is 6.03 Å². The smallest absolute Gasteiger partial charge is 0.320 e. The van der Waals surface area contributed by atoms with E-state index in [0.717, 1.165) is 29.1 Å². The number of amides is 2. The lowest BCUT2D eigenvalue weighted by atomic mass is 10.0. The molecule has 1 aromatic heterocycles. The second-order valence-corrected chi connectivity index (χ2v) is 6.84. The van der Waals surface area contributed by atoms with E-state index in [1.807, 2.05) is 41.3 Å². The van der Waals surface area contributed by atoms with Crippen LogP contribution in [0.4, 0.5) is 10.5 Å². The number of fused-ring (bicyclic) bond motifs is 1. The minimum absolute atomic E-state index is 0.0338. The molecule has 0 saturated heterocycles. The van der Waals surface area contributed by atoms with Crippen LogP contribution in [0.25, 0.3) is 10.4 Å². The van der Waals surface area contributed by atoms with Crippen LogP contribution in [0.15, 0.2) is 66.0 Å². The molecule has 4 rings (SSSR count). The van der Waals surface area contributed by atoms with Crippen LogP contribution in [-0.4, -0.2) is 17.5 Å². The Morgan fingerprint density at radius 1 is 0.958 bits per heavy atom. The average Bonchev–Trinajstić information content (AvgIpc) is 3.16. The average molecular weight is 334 g/mol. The molecular formula is C20H18N2OS. The van der Waals surface area contributed by atoms with Crippen molar-refractivity contribution in [2.45, 2.75) is 13.0 Å². The lowest BCUT2D eigenvalue weighted by Gasteiger charge is -2.29. The highest BCUT2D eigenvalue weighted by Gasteiger charge is 2.21. The number of hydrogen-bond acceptors (Lipinski definition) is 2. The van der Waals surface area contributed by atoms with Crippen LogP contribution >= 0.6 is 11.3 Å². The Bertz CT molecular complexity index is 858. The molecule has 1 N–H and O–H groups in total. The van der Waals surface area contributed by atoms with Crippen LogP contribution in [0.1, 0.15) is 11.1 Å². The zero-order valence-corrected chi connectivity index (χ0v) is 14.1. The number of urea groups is 1. The third kappa shape index (κ3) is 2.93. The fourth-order valence-electron chi connectivity index (χ4n) is 3.10. The monoisotopic (exact) mass is 334 g/mol.